The zero-order valence-corrected chi connectivity index (χ0v) is 12.9. The van der Waals surface area contributed by atoms with Crippen LogP contribution in [0.1, 0.15) is 11.8 Å². The molecule has 0 saturated carbocycles. The molecule has 20 heavy (non-hydrogen) atoms. The van der Waals surface area contributed by atoms with Gasteiger partial charge < -0.3 is 4.74 Å². The van der Waals surface area contributed by atoms with Crippen molar-refractivity contribution in [2.45, 2.75) is 19.6 Å². The number of methoxy groups -OCH3 is 1. The van der Waals surface area contributed by atoms with Crippen molar-refractivity contribution in [3.63, 3.8) is 0 Å². The number of benzene rings is 1. The molecule has 0 fully saturated rings. The zero-order chi connectivity index (χ0) is 14.8. The van der Waals surface area contributed by atoms with Crippen LogP contribution in [-0.2, 0) is 21.3 Å². The molecule has 0 aliphatic rings. The van der Waals surface area contributed by atoms with Crippen LogP contribution in [0, 0.1) is 5.82 Å². The fourth-order valence-corrected chi connectivity index (χ4v) is 4.10. The monoisotopic (exact) mass is 317 g/mol. The highest BCUT2D eigenvalue weighted by atomic mass is 32.2. The molecule has 0 bridgehead atoms. The van der Waals surface area contributed by atoms with Gasteiger partial charge in [0.2, 0.25) is 10.0 Å². The number of halogens is 1. The fraction of sp³-hybridized carbons (Fsp3) is 0.385. The van der Waals surface area contributed by atoms with Crippen molar-refractivity contribution in [2.75, 3.05) is 12.9 Å². The minimum atomic E-state index is -3.38. The third kappa shape index (κ3) is 3.99. The largest absolute Gasteiger partial charge is 0.381 e. The van der Waals surface area contributed by atoms with Crippen molar-refractivity contribution < 1.29 is 17.5 Å². The topological polar surface area (TPSA) is 55.4 Å². The van der Waals surface area contributed by atoms with Crippen LogP contribution in [0.5, 0.6) is 0 Å². The van der Waals surface area contributed by atoms with Crippen molar-refractivity contribution >= 4 is 31.4 Å². The number of thiophene rings is 1. The molecule has 0 spiro atoms. The maximum Gasteiger partial charge on any atom is 0.214 e. The Bertz CT molecular complexity index is 697. The quantitative estimate of drug-likeness (QED) is 0.890. The van der Waals surface area contributed by atoms with Gasteiger partial charge in [-0.3, -0.25) is 0 Å². The number of fused-ring (bicyclic) bond motifs is 1. The van der Waals surface area contributed by atoms with Crippen molar-refractivity contribution in [3.8, 4) is 0 Å². The molecule has 0 aliphatic heterocycles. The predicted molar refractivity (Wildman–Crippen MR) is 78.9 cm³/mol. The Morgan fingerprint density at radius 3 is 2.85 bits per heavy atom. The lowest BCUT2D eigenvalue weighted by atomic mass is 10.2. The van der Waals surface area contributed by atoms with Crippen LogP contribution in [0.3, 0.4) is 0 Å². The first-order chi connectivity index (χ1) is 9.39. The van der Waals surface area contributed by atoms with Crippen molar-refractivity contribution in [2.24, 2.45) is 0 Å². The van der Waals surface area contributed by atoms with E-state index < -0.39 is 10.0 Å². The number of sulfonamides is 1. The average Bonchev–Trinajstić information content (AvgIpc) is 2.78. The van der Waals surface area contributed by atoms with Gasteiger partial charge in [-0.2, -0.15) is 0 Å². The summed E-state index contributed by atoms with van der Waals surface area (Å²) in [7, 11) is -1.91. The third-order valence-corrected chi connectivity index (χ3v) is 5.46. The minimum Gasteiger partial charge on any atom is -0.381 e. The lowest BCUT2D eigenvalue weighted by Crippen LogP contribution is -2.31. The van der Waals surface area contributed by atoms with E-state index in [2.05, 4.69) is 4.72 Å². The Morgan fingerprint density at radius 2 is 2.15 bits per heavy atom. The molecule has 7 heteroatoms. The smallest absolute Gasteiger partial charge is 0.214 e. The van der Waals surface area contributed by atoms with Crippen LogP contribution in [0.2, 0.25) is 0 Å². The lowest BCUT2D eigenvalue weighted by Gasteiger charge is -2.10. The first kappa shape index (κ1) is 15.4. The summed E-state index contributed by atoms with van der Waals surface area (Å²) in [5.41, 5.74) is 0. The highest BCUT2D eigenvalue weighted by Gasteiger charge is 2.15. The van der Waals surface area contributed by atoms with Crippen LogP contribution in [0.25, 0.3) is 10.1 Å². The van der Waals surface area contributed by atoms with Gasteiger partial charge in [-0.05, 0) is 36.6 Å². The summed E-state index contributed by atoms with van der Waals surface area (Å²) in [5.74, 6) is -0.375. The molecule has 2 aromatic rings. The molecule has 1 heterocycles. The van der Waals surface area contributed by atoms with Crippen molar-refractivity contribution in [1.82, 2.24) is 4.72 Å². The first-order valence-electron chi connectivity index (χ1n) is 6.08. The van der Waals surface area contributed by atoms with Gasteiger partial charge in [-0.25, -0.2) is 17.5 Å². The Balaban J connectivity index is 2.05. The normalized spacial score (nSPS) is 13.8. The number of hydrogen-bond donors (Lipinski definition) is 1. The van der Waals surface area contributed by atoms with Gasteiger partial charge in [0.15, 0.2) is 0 Å². The van der Waals surface area contributed by atoms with E-state index in [-0.39, 0.29) is 24.2 Å². The zero-order valence-electron chi connectivity index (χ0n) is 11.2. The molecule has 2 rings (SSSR count). The molecule has 0 radical (unpaired) electrons. The molecule has 1 aromatic carbocycles. The van der Waals surface area contributed by atoms with Gasteiger partial charge in [-0.1, -0.05) is 0 Å². The second-order valence-corrected chi connectivity index (χ2v) is 7.56. The Hall–Kier alpha value is -1.02. The molecule has 0 saturated heterocycles. The van der Waals surface area contributed by atoms with Crippen molar-refractivity contribution in [1.29, 1.82) is 0 Å². The van der Waals surface area contributed by atoms with E-state index in [1.807, 2.05) is 0 Å². The Kier molecular flexibility index (Phi) is 4.74. The standard InChI is InChI=1S/C13H16FNO3S2/c1-9(18-2)8-20(16,17)15-7-12-6-10-5-11(14)3-4-13(10)19-12/h3-6,9,15H,7-8H2,1-2H3/t9-/m0/s1. The molecule has 4 nitrogen and oxygen atoms in total. The number of ether oxygens (including phenoxy) is 1. The summed E-state index contributed by atoms with van der Waals surface area (Å²) in [5, 5.41) is 0.787. The molecular formula is C13H16FNO3S2. The van der Waals surface area contributed by atoms with Gasteiger partial charge in [-0.15, -0.1) is 11.3 Å². The number of hydrogen-bond acceptors (Lipinski definition) is 4. The van der Waals surface area contributed by atoms with Gasteiger partial charge in [0.25, 0.3) is 0 Å². The van der Waals surface area contributed by atoms with E-state index in [9.17, 15) is 12.8 Å². The van der Waals surface area contributed by atoms with Crippen molar-refractivity contribution in [3.05, 3.63) is 35.0 Å². The summed E-state index contributed by atoms with van der Waals surface area (Å²) >= 11 is 1.45. The Labute approximate surface area is 121 Å². The summed E-state index contributed by atoms with van der Waals surface area (Å²) in [6, 6.07) is 6.33. The summed E-state index contributed by atoms with van der Waals surface area (Å²) in [4.78, 5) is 0.847. The predicted octanol–water partition coefficient (Wildman–Crippen LogP) is 2.49. The van der Waals surface area contributed by atoms with Crippen LogP contribution < -0.4 is 4.72 Å². The van der Waals surface area contributed by atoms with Gasteiger partial charge >= 0.3 is 0 Å². The number of rotatable bonds is 6. The maximum absolute atomic E-state index is 13.1. The highest BCUT2D eigenvalue weighted by molar-refractivity contribution is 7.89. The molecule has 0 aliphatic carbocycles. The van der Waals surface area contributed by atoms with E-state index in [1.54, 1.807) is 19.1 Å². The molecule has 110 valence electrons. The second-order valence-electron chi connectivity index (χ2n) is 4.54. The van der Waals surface area contributed by atoms with Crippen LogP contribution in [-0.4, -0.2) is 27.4 Å². The van der Waals surface area contributed by atoms with Gasteiger partial charge in [0, 0.05) is 23.2 Å². The fourth-order valence-electron chi connectivity index (χ4n) is 1.77. The van der Waals surface area contributed by atoms with E-state index in [1.165, 1.54) is 30.6 Å². The number of nitrogens with one attached hydrogen (secondary N) is 1. The van der Waals surface area contributed by atoms with Crippen LogP contribution >= 0.6 is 11.3 Å². The van der Waals surface area contributed by atoms with E-state index in [0.29, 0.717) is 0 Å². The average molecular weight is 317 g/mol. The summed E-state index contributed by atoms with van der Waals surface area (Å²) < 4.78 is 45.1. The molecule has 1 aromatic heterocycles. The van der Waals surface area contributed by atoms with Gasteiger partial charge in [0.1, 0.15) is 5.82 Å². The molecule has 1 atom stereocenters. The molecular weight excluding hydrogens is 301 g/mol. The van der Waals surface area contributed by atoms with E-state index in [0.717, 1.165) is 15.0 Å². The Morgan fingerprint density at radius 1 is 1.40 bits per heavy atom. The second kappa shape index (κ2) is 6.17. The van der Waals surface area contributed by atoms with E-state index >= 15 is 0 Å². The van der Waals surface area contributed by atoms with Gasteiger partial charge in [0.05, 0.1) is 11.9 Å². The minimum absolute atomic E-state index is 0.0803. The highest BCUT2D eigenvalue weighted by Crippen LogP contribution is 2.26. The lowest BCUT2D eigenvalue weighted by molar-refractivity contribution is 0.136. The first-order valence-corrected chi connectivity index (χ1v) is 8.54. The summed E-state index contributed by atoms with van der Waals surface area (Å²) in [6.45, 7) is 1.90. The summed E-state index contributed by atoms with van der Waals surface area (Å²) in [6.07, 6.45) is -0.357. The molecule has 0 amide bonds. The molecule has 1 N–H and O–H groups in total. The van der Waals surface area contributed by atoms with E-state index in [4.69, 9.17) is 4.74 Å². The molecule has 0 unspecified atom stereocenters. The third-order valence-electron chi connectivity index (χ3n) is 2.85. The SMILES string of the molecule is CO[C@@H](C)CS(=O)(=O)NCc1cc2cc(F)ccc2s1. The van der Waals surface area contributed by atoms with Crippen LogP contribution in [0.15, 0.2) is 24.3 Å². The van der Waals surface area contributed by atoms with Crippen LogP contribution in [0.4, 0.5) is 4.39 Å². The maximum atomic E-state index is 13.1.